The van der Waals surface area contributed by atoms with Crippen molar-refractivity contribution in [2.24, 2.45) is 4.99 Å². The molecule has 0 spiro atoms. The van der Waals surface area contributed by atoms with E-state index in [1.807, 2.05) is 60.2 Å². The SMILES string of the molecule is CCOc1ccc(C(=O)CCC(=O)N=c2ccccn2Cc2ccccc2)cc1. The van der Waals surface area contributed by atoms with Crippen LogP contribution in [0.4, 0.5) is 0 Å². The van der Waals surface area contributed by atoms with Gasteiger partial charge in [-0.2, -0.15) is 4.99 Å². The summed E-state index contributed by atoms with van der Waals surface area (Å²) in [7, 11) is 0. The number of ketones is 1. The topological polar surface area (TPSA) is 60.7 Å². The van der Waals surface area contributed by atoms with E-state index in [1.54, 1.807) is 30.3 Å². The Bertz CT molecular complexity index is 1020. The highest BCUT2D eigenvalue weighted by Crippen LogP contribution is 2.14. The average Bonchev–Trinajstić information content (AvgIpc) is 2.75. The molecule has 0 bridgehead atoms. The first-order valence-electron chi connectivity index (χ1n) is 9.68. The van der Waals surface area contributed by atoms with Crippen LogP contribution in [0.1, 0.15) is 35.7 Å². The van der Waals surface area contributed by atoms with E-state index in [2.05, 4.69) is 4.99 Å². The molecule has 0 aliphatic carbocycles. The summed E-state index contributed by atoms with van der Waals surface area (Å²) in [6, 6.07) is 22.5. The van der Waals surface area contributed by atoms with E-state index in [0.717, 1.165) is 11.3 Å². The van der Waals surface area contributed by atoms with Crippen molar-refractivity contribution in [2.75, 3.05) is 6.61 Å². The van der Waals surface area contributed by atoms with Gasteiger partial charge < -0.3 is 9.30 Å². The van der Waals surface area contributed by atoms with E-state index >= 15 is 0 Å². The molecule has 0 saturated carbocycles. The molecule has 0 atom stereocenters. The van der Waals surface area contributed by atoms with Crippen LogP contribution in [0.15, 0.2) is 84.0 Å². The van der Waals surface area contributed by atoms with E-state index in [-0.39, 0.29) is 24.5 Å². The second-order valence-corrected chi connectivity index (χ2v) is 6.56. The Balaban J connectivity index is 1.64. The molecule has 0 aliphatic rings. The minimum atomic E-state index is -0.308. The van der Waals surface area contributed by atoms with Gasteiger partial charge in [-0.1, -0.05) is 36.4 Å². The molecule has 0 radical (unpaired) electrons. The first-order valence-corrected chi connectivity index (χ1v) is 9.68. The zero-order valence-corrected chi connectivity index (χ0v) is 16.5. The van der Waals surface area contributed by atoms with Crippen molar-refractivity contribution < 1.29 is 14.3 Å². The fraction of sp³-hybridized carbons (Fsp3) is 0.208. The number of carbonyl (C=O) groups is 2. The third kappa shape index (κ3) is 6.01. The minimum Gasteiger partial charge on any atom is -0.494 e. The molecular weight excluding hydrogens is 364 g/mol. The summed E-state index contributed by atoms with van der Waals surface area (Å²) < 4.78 is 7.29. The van der Waals surface area contributed by atoms with Crippen LogP contribution in [-0.4, -0.2) is 22.9 Å². The first kappa shape index (κ1) is 20.3. The van der Waals surface area contributed by atoms with Gasteiger partial charge in [0.2, 0.25) is 5.91 Å². The van der Waals surface area contributed by atoms with Crippen LogP contribution >= 0.6 is 0 Å². The number of aromatic nitrogens is 1. The summed E-state index contributed by atoms with van der Waals surface area (Å²) in [5, 5.41) is 0. The monoisotopic (exact) mass is 388 g/mol. The maximum Gasteiger partial charge on any atom is 0.248 e. The number of amides is 1. The number of hydrogen-bond acceptors (Lipinski definition) is 3. The molecule has 0 fully saturated rings. The minimum absolute atomic E-state index is 0.0757. The largest absolute Gasteiger partial charge is 0.494 e. The molecule has 0 N–H and O–H groups in total. The van der Waals surface area contributed by atoms with Gasteiger partial charge in [-0.25, -0.2) is 0 Å². The zero-order chi connectivity index (χ0) is 20.5. The van der Waals surface area contributed by atoms with Crippen LogP contribution in [0.2, 0.25) is 0 Å². The number of benzene rings is 2. The van der Waals surface area contributed by atoms with Crippen molar-refractivity contribution in [3.05, 3.63) is 95.6 Å². The third-order valence-corrected chi connectivity index (χ3v) is 4.40. The Labute approximate surface area is 170 Å². The van der Waals surface area contributed by atoms with Crippen molar-refractivity contribution in [1.29, 1.82) is 0 Å². The smallest absolute Gasteiger partial charge is 0.248 e. The maximum atomic E-state index is 12.3. The molecule has 1 heterocycles. The van der Waals surface area contributed by atoms with Gasteiger partial charge in [-0.3, -0.25) is 9.59 Å². The van der Waals surface area contributed by atoms with E-state index in [1.165, 1.54) is 0 Å². The fourth-order valence-electron chi connectivity index (χ4n) is 2.93. The summed E-state index contributed by atoms with van der Waals surface area (Å²) in [6.45, 7) is 3.11. The van der Waals surface area contributed by atoms with Crippen LogP contribution in [0.5, 0.6) is 5.75 Å². The molecule has 29 heavy (non-hydrogen) atoms. The van der Waals surface area contributed by atoms with Gasteiger partial charge in [-0.15, -0.1) is 0 Å². The summed E-state index contributed by atoms with van der Waals surface area (Å²) in [4.78, 5) is 28.9. The van der Waals surface area contributed by atoms with Crippen molar-refractivity contribution in [2.45, 2.75) is 26.3 Å². The van der Waals surface area contributed by atoms with Crippen LogP contribution in [0.3, 0.4) is 0 Å². The predicted octanol–water partition coefficient (Wildman–Crippen LogP) is 4.03. The summed E-state index contributed by atoms with van der Waals surface area (Å²) >= 11 is 0. The summed E-state index contributed by atoms with van der Waals surface area (Å²) in [6.07, 6.45) is 2.10. The number of nitrogens with zero attached hydrogens (tertiary/aromatic N) is 2. The highest BCUT2D eigenvalue weighted by molar-refractivity contribution is 5.98. The Kier molecular flexibility index (Phi) is 7.11. The van der Waals surface area contributed by atoms with E-state index in [4.69, 9.17) is 4.74 Å². The third-order valence-electron chi connectivity index (χ3n) is 4.40. The Morgan fingerprint density at radius 1 is 0.897 bits per heavy atom. The number of Topliss-reactive ketones (excluding diaryl/α,β-unsaturated/α-hetero) is 1. The number of rotatable bonds is 8. The van der Waals surface area contributed by atoms with E-state index in [0.29, 0.717) is 24.2 Å². The lowest BCUT2D eigenvalue weighted by Gasteiger charge is -2.07. The van der Waals surface area contributed by atoms with Gasteiger partial charge in [0.1, 0.15) is 11.2 Å². The highest BCUT2D eigenvalue weighted by Gasteiger charge is 2.09. The molecule has 3 aromatic rings. The summed E-state index contributed by atoms with van der Waals surface area (Å²) in [5.41, 5.74) is 2.27. The number of hydrogen-bond donors (Lipinski definition) is 0. The van der Waals surface area contributed by atoms with Gasteiger partial charge in [0.25, 0.3) is 0 Å². The van der Waals surface area contributed by atoms with Gasteiger partial charge in [0.15, 0.2) is 5.78 Å². The van der Waals surface area contributed by atoms with Gasteiger partial charge >= 0.3 is 0 Å². The Morgan fingerprint density at radius 2 is 1.62 bits per heavy atom. The van der Waals surface area contributed by atoms with Crippen LogP contribution in [-0.2, 0) is 11.3 Å². The highest BCUT2D eigenvalue weighted by atomic mass is 16.5. The predicted molar refractivity (Wildman–Crippen MR) is 112 cm³/mol. The number of ether oxygens (including phenoxy) is 1. The maximum absolute atomic E-state index is 12.3. The first-order chi connectivity index (χ1) is 14.2. The molecule has 1 amide bonds. The molecule has 2 aromatic carbocycles. The fourth-order valence-corrected chi connectivity index (χ4v) is 2.93. The van der Waals surface area contributed by atoms with Gasteiger partial charge in [0.05, 0.1) is 6.61 Å². The molecule has 5 heteroatoms. The molecular formula is C24H24N2O3. The molecule has 1 aromatic heterocycles. The zero-order valence-electron chi connectivity index (χ0n) is 16.5. The van der Waals surface area contributed by atoms with Crippen molar-refractivity contribution in [1.82, 2.24) is 4.57 Å². The lowest BCUT2D eigenvalue weighted by molar-refractivity contribution is -0.118. The molecule has 3 rings (SSSR count). The Morgan fingerprint density at radius 3 is 2.34 bits per heavy atom. The molecule has 0 aliphatic heterocycles. The Hall–Kier alpha value is -3.47. The molecule has 0 saturated heterocycles. The lowest BCUT2D eigenvalue weighted by Crippen LogP contribution is -2.22. The molecule has 5 nitrogen and oxygen atoms in total. The average molecular weight is 388 g/mol. The second kappa shape index (κ2) is 10.2. The number of carbonyl (C=O) groups excluding carboxylic acids is 2. The van der Waals surface area contributed by atoms with E-state index in [9.17, 15) is 9.59 Å². The van der Waals surface area contributed by atoms with Gasteiger partial charge in [0, 0.05) is 31.1 Å². The molecule has 0 unspecified atom stereocenters. The second-order valence-electron chi connectivity index (χ2n) is 6.56. The van der Waals surface area contributed by atoms with Crippen LogP contribution in [0, 0.1) is 0 Å². The quantitative estimate of drug-likeness (QED) is 0.548. The van der Waals surface area contributed by atoms with E-state index < -0.39 is 0 Å². The van der Waals surface area contributed by atoms with Gasteiger partial charge in [-0.05, 0) is 48.9 Å². The lowest BCUT2D eigenvalue weighted by atomic mass is 10.1. The van der Waals surface area contributed by atoms with Crippen molar-refractivity contribution >= 4 is 11.7 Å². The molecule has 148 valence electrons. The van der Waals surface area contributed by atoms with Crippen molar-refractivity contribution in [3.8, 4) is 5.75 Å². The van der Waals surface area contributed by atoms with Crippen LogP contribution < -0.4 is 10.2 Å². The normalized spacial score (nSPS) is 11.3. The summed E-state index contributed by atoms with van der Waals surface area (Å²) in [5.74, 6) is 0.335. The number of pyridine rings is 1. The van der Waals surface area contributed by atoms with Crippen LogP contribution in [0.25, 0.3) is 0 Å². The van der Waals surface area contributed by atoms with Crippen molar-refractivity contribution in [3.63, 3.8) is 0 Å². The standard InChI is InChI=1S/C24H24N2O3/c1-2-29-21-13-11-20(12-14-21)22(27)15-16-24(28)25-23-10-6-7-17-26(23)18-19-8-4-3-5-9-19/h3-14,17H,2,15-16,18H2,1H3.